The SMILES string of the molecule is O=c1[nH]c(C[NH+]2CC[NH+](Cc3ccc(Cl)s3)CC2)nc2sc3c(c12)CCC3. The number of nitrogens with one attached hydrogen (secondary N) is 3. The molecule has 1 aliphatic carbocycles. The van der Waals surface area contributed by atoms with Gasteiger partial charge in [0.25, 0.3) is 5.56 Å². The molecule has 0 aromatic carbocycles. The smallest absolute Gasteiger partial charge is 0.260 e. The molecule has 4 heterocycles. The molecule has 0 bridgehead atoms. The normalized spacial score (nSPS) is 22.4. The van der Waals surface area contributed by atoms with Crippen LogP contribution in [0.5, 0.6) is 0 Å². The van der Waals surface area contributed by atoms with Gasteiger partial charge in [-0.05, 0) is 37.0 Å². The van der Waals surface area contributed by atoms with Crippen molar-refractivity contribution in [3.05, 3.63) is 48.0 Å². The molecule has 3 aromatic heterocycles. The number of aromatic nitrogens is 2. The molecule has 5 nitrogen and oxygen atoms in total. The fraction of sp³-hybridized carbons (Fsp3) is 0.474. The number of rotatable bonds is 4. The Morgan fingerprint density at radius 1 is 1.07 bits per heavy atom. The van der Waals surface area contributed by atoms with Gasteiger partial charge in [0, 0.05) is 4.88 Å². The van der Waals surface area contributed by atoms with Crippen molar-refractivity contribution in [3.63, 3.8) is 0 Å². The molecule has 5 rings (SSSR count). The molecule has 3 N–H and O–H groups in total. The van der Waals surface area contributed by atoms with Gasteiger partial charge in [-0.3, -0.25) is 4.79 Å². The summed E-state index contributed by atoms with van der Waals surface area (Å²) in [6.07, 6.45) is 3.31. The molecule has 27 heavy (non-hydrogen) atoms. The Hall–Kier alpha value is -1.25. The monoisotopic (exact) mass is 422 g/mol. The Bertz CT molecular complexity index is 1030. The summed E-state index contributed by atoms with van der Waals surface area (Å²) in [6, 6.07) is 4.13. The first-order valence-electron chi connectivity index (χ1n) is 9.60. The van der Waals surface area contributed by atoms with Gasteiger partial charge >= 0.3 is 0 Å². The summed E-state index contributed by atoms with van der Waals surface area (Å²) in [5.74, 6) is 0.843. The van der Waals surface area contributed by atoms with E-state index >= 15 is 0 Å². The van der Waals surface area contributed by atoms with E-state index in [1.807, 2.05) is 6.07 Å². The molecule has 0 amide bonds. The molecule has 142 valence electrons. The van der Waals surface area contributed by atoms with Gasteiger partial charge in [-0.25, -0.2) is 4.98 Å². The van der Waals surface area contributed by atoms with Gasteiger partial charge < -0.3 is 14.8 Å². The molecular weight excluding hydrogens is 400 g/mol. The summed E-state index contributed by atoms with van der Waals surface area (Å²) in [5, 5.41) is 0.857. The highest BCUT2D eigenvalue weighted by atomic mass is 35.5. The van der Waals surface area contributed by atoms with Crippen molar-refractivity contribution in [2.75, 3.05) is 26.2 Å². The van der Waals surface area contributed by atoms with Gasteiger partial charge in [-0.15, -0.1) is 22.7 Å². The van der Waals surface area contributed by atoms with Crippen molar-refractivity contribution >= 4 is 44.5 Å². The second kappa shape index (κ2) is 7.29. The fourth-order valence-corrected chi connectivity index (χ4v) is 6.81. The zero-order chi connectivity index (χ0) is 18.4. The zero-order valence-electron chi connectivity index (χ0n) is 15.1. The average Bonchev–Trinajstić information content (AvgIpc) is 3.32. The predicted octanol–water partition coefficient (Wildman–Crippen LogP) is 0.672. The molecule has 8 heteroatoms. The molecular formula is C19H23ClN4OS2+2. The summed E-state index contributed by atoms with van der Waals surface area (Å²) in [7, 11) is 0. The lowest BCUT2D eigenvalue weighted by molar-refractivity contribution is -1.02. The van der Waals surface area contributed by atoms with Gasteiger partial charge in [0.05, 0.1) is 14.6 Å². The molecule has 3 aromatic rings. The third-order valence-corrected chi connectivity index (χ3v) is 8.18. The summed E-state index contributed by atoms with van der Waals surface area (Å²) in [4.78, 5) is 27.3. The first kappa shape index (κ1) is 17.8. The van der Waals surface area contributed by atoms with E-state index in [-0.39, 0.29) is 5.56 Å². The van der Waals surface area contributed by atoms with E-state index < -0.39 is 0 Å². The standard InChI is InChI=1S/C19H21ClN4OS2/c20-15-5-4-12(26-15)10-23-6-8-24(9-7-23)11-16-21-18(25)17-13-2-1-3-14(13)27-19(17)22-16/h4-5H,1-3,6-11H2,(H,21,22,25)/p+2. The highest BCUT2D eigenvalue weighted by Gasteiger charge is 2.26. The van der Waals surface area contributed by atoms with Crippen molar-refractivity contribution in [2.24, 2.45) is 0 Å². The van der Waals surface area contributed by atoms with Crippen molar-refractivity contribution in [3.8, 4) is 0 Å². The third-order valence-electron chi connectivity index (χ3n) is 5.76. The lowest BCUT2D eigenvalue weighted by Crippen LogP contribution is -3.27. The average molecular weight is 423 g/mol. The number of aryl methyl sites for hydroxylation is 2. The number of thiophene rings is 2. The van der Waals surface area contributed by atoms with Crippen LogP contribution in [0.2, 0.25) is 4.34 Å². The third kappa shape index (κ3) is 3.59. The molecule has 0 saturated carbocycles. The highest BCUT2D eigenvalue weighted by Crippen LogP contribution is 2.34. The van der Waals surface area contributed by atoms with Gasteiger partial charge in [0.15, 0.2) is 5.82 Å². The summed E-state index contributed by atoms with van der Waals surface area (Å²) in [6.45, 7) is 6.38. The van der Waals surface area contributed by atoms with E-state index in [1.54, 1.807) is 27.6 Å². The van der Waals surface area contributed by atoms with Crippen molar-refractivity contribution in [1.29, 1.82) is 0 Å². The second-order valence-corrected chi connectivity index (χ2v) is 10.5. The Balaban J connectivity index is 1.24. The van der Waals surface area contributed by atoms with Crippen LogP contribution in [0.15, 0.2) is 16.9 Å². The van der Waals surface area contributed by atoms with Crippen molar-refractivity contribution in [2.45, 2.75) is 32.4 Å². The van der Waals surface area contributed by atoms with E-state index in [1.165, 1.54) is 26.6 Å². The van der Waals surface area contributed by atoms with E-state index in [0.717, 1.165) is 72.5 Å². The first-order chi connectivity index (χ1) is 13.2. The van der Waals surface area contributed by atoms with E-state index in [0.29, 0.717) is 0 Å². The number of hydrogen-bond donors (Lipinski definition) is 3. The second-order valence-electron chi connectivity index (χ2n) is 7.61. The van der Waals surface area contributed by atoms with Crippen LogP contribution in [0.4, 0.5) is 0 Å². The number of hydrogen-bond acceptors (Lipinski definition) is 4. The highest BCUT2D eigenvalue weighted by molar-refractivity contribution is 7.18. The van der Waals surface area contributed by atoms with Gasteiger partial charge in [-0.1, -0.05) is 11.6 Å². The summed E-state index contributed by atoms with van der Waals surface area (Å²) < 4.78 is 0.874. The lowest BCUT2D eigenvalue weighted by Gasteiger charge is -2.29. The minimum Gasteiger partial charge on any atom is -0.321 e. The Labute approximate surface area is 170 Å². The molecule has 0 radical (unpaired) electrons. The molecule has 0 spiro atoms. The van der Waals surface area contributed by atoms with Crippen LogP contribution in [0.1, 0.15) is 27.6 Å². The van der Waals surface area contributed by atoms with E-state index in [2.05, 4.69) is 11.1 Å². The molecule has 1 fully saturated rings. The Kier molecular flexibility index (Phi) is 4.81. The largest absolute Gasteiger partial charge is 0.321 e. The minimum atomic E-state index is 0.0626. The number of halogens is 1. The molecule has 0 atom stereocenters. The first-order valence-corrected chi connectivity index (χ1v) is 11.6. The van der Waals surface area contributed by atoms with E-state index in [9.17, 15) is 4.79 Å². The predicted molar refractivity (Wildman–Crippen MR) is 110 cm³/mol. The van der Waals surface area contributed by atoms with Crippen LogP contribution < -0.4 is 15.4 Å². The summed E-state index contributed by atoms with van der Waals surface area (Å²) in [5.41, 5.74) is 1.32. The number of H-pyrrole nitrogens is 1. The van der Waals surface area contributed by atoms with Crippen LogP contribution in [0.3, 0.4) is 0 Å². The van der Waals surface area contributed by atoms with Crippen LogP contribution in [-0.2, 0) is 25.9 Å². The van der Waals surface area contributed by atoms with Crippen LogP contribution >= 0.6 is 34.3 Å². The molecule has 2 aliphatic rings. The van der Waals surface area contributed by atoms with Crippen LogP contribution in [0, 0.1) is 0 Å². The number of nitrogens with zero attached hydrogens (tertiary/aromatic N) is 1. The van der Waals surface area contributed by atoms with E-state index in [4.69, 9.17) is 16.6 Å². The van der Waals surface area contributed by atoms with Gasteiger partial charge in [0.2, 0.25) is 0 Å². The van der Waals surface area contributed by atoms with Gasteiger partial charge in [-0.2, -0.15) is 0 Å². The Morgan fingerprint density at radius 3 is 2.59 bits per heavy atom. The maximum Gasteiger partial charge on any atom is 0.260 e. The lowest BCUT2D eigenvalue weighted by atomic mass is 10.2. The molecule has 1 aliphatic heterocycles. The number of fused-ring (bicyclic) bond motifs is 3. The van der Waals surface area contributed by atoms with Gasteiger partial charge in [0.1, 0.15) is 44.1 Å². The maximum atomic E-state index is 12.6. The number of quaternary nitrogens is 2. The van der Waals surface area contributed by atoms with Crippen LogP contribution in [0.25, 0.3) is 10.2 Å². The van der Waals surface area contributed by atoms with Crippen molar-refractivity contribution < 1.29 is 9.80 Å². The Morgan fingerprint density at radius 2 is 1.85 bits per heavy atom. The van der Waals surface area contributed by atoms with Crippen molar-refractivity contribution in [1.82, 2.24) is 9.97 Å². The van der Waals surface area contributed by atoms with Crippen LogP contribution in [-0.4, -0.2) is 36.1 Å². The number of aromatic amines is 1. The topological polar surface area (TPSA) is 54.6 Å². The quantitative estimate of drug-likeness (QED) is 0.579. The summed E-state index contributed by atoms with van der Waals surface area (Å²) >= 11 is 9.45. The fourth-order valence-electron chi connectivity index (χ4n) is 4.37. The minimum absolute atomic E-state index is 0.0626. The zero-order valence-corrected chi connectivity index (χ0v) is 17.5. The molecule has 1 saturated heterocycles. The maximum absolute atomic E-state index is 12.6. The molecule has 0 unspecified atom stereocenters. The number of piperazine rings is 1.